The van der Waals surface area contributed by atoms with Crippen molar-refractivity contribution in [1.82, 2.24) is 20.1 Å². The van der Waals surface area contributed by atoms with Crippen molar-refractivity contribution in [3.8, 4) is 0 Å². The van der Waals surface area contributed by atoms with Crippen LogP contribution in [0.25, 0.3) is 0 Å². The van der Waals surface area contributed by atoms with Crippen LogP contribution in [0, 0.1) is 0 Å². The van der Waals surface area contributed by atoms with Crippen LogP contribution in [-0.4, -0.2) is 38.6 Å². The smallest absolute Gasteiger partial charge is 0.151 e. The first-order chi connectivity index (χ1) is 7.25. The highest BCUT2D eigenvalue weighted by Crippen LogP contribution is 2.18. The Kier molecular flexibility index (Phi) is 3.33. The minimum Gasteiger partial charge on any atom is -0.392 e. The van der Waals surface area contributed by atoms with E-state index in [1.807, 2.05) is 7.05 Å². The molecule has 1 aliphatic rings. The van der Waals surface area contributed by atoms with Gasteiger partial charge in [0.05, 0.1) is 6.10 Å². The average molecular weight is 210 g/mol. The zero-order valence-corrected chi connectivity index (χ0v) is 9.06. The number of aromatic nitrogens is 3. The summed E-state index contributed by atoms with van der Waals surface area (Å²) in [7, 11) is 1.87. The molecule has 0 bridgehead atoms. The van der Waals surface area contributed by atoms with Crippen molar-refractivity contribution in [2.45, 2.75) is 37.8 Å². The molecule has 1 aromatic rings. The van der Waals surface area contributed by atoms with Crippen LogP contribution in [0.4, 0.5) is 0 Å². The van der Waals surface area contributed by atoms with Gasteiger partial charge in [0.2, 0.25) is 0 Å². The first-order valence-corrected chi connectivity index (χ1v) is 5.51. The highest BCUT2D eigenvalue weighted by molar-refractivity contribution is 4.86. The average Bonchev–Trinajstić information content (AvgIpc) is 2.77. The number of hydrogen-bond acceptors (Lipinski definition) is 4. The molecule has 5 nitrogen and oxygen atoms in total. The van der Waals surface area contributed by atoms with Crippen LogP contribution in [0.2, 0.25) is 0 Å². The molecule has 0 amide bonds. The topological polar surface area (TPSA) is 63.0 Å². The molecule has 84 valence electrons. The Hall–Kier alpha value is -0.940. The molecule has 1 saturated carbocycles. The van der Waals surface area contributed by atoms with Crippen LogP contribution in [0.3, 0.4) is 0 Å². The van der Waals surface area contributed by atoms with E-state index in [2.05, 4.69) is 15.4 Å². The van der Waals surface area contributed by atoms with Gasteiger partial charge in [-0.15, -0.1) is 0 Å². The minimum absolute atomic E-state index is 0.165. The molecule has 1 aromatic heterocycles. The van der Waals surface area contributed by atoms with E-state index in [1.54, 1.807) is 11.0 Å². The predicted octanol–water partition coefficient (Wildman–Crippen LogP) is -0.139. The third-order valence-electron chi connectivity index (χ3n) is 2.88. The summed E-state index contributed by atoms with van der Waals surface area (Å²) in [6, 6.07) is 0.272. The molecule has 2 unspecified atom stereocenters. The lowest BCUT2D eigenvalue weighted by Crippen LogP contribution is -2.36. The lowest BCUT2D eigenvalue weighted by Gasteiger charge is -2.15. The van der Waals surface area contributed by atoms with E-state index in [0.717, 1.165) is 38.1 Å². The van der Waals surface area contributed by atoms with E-state index in [9.17, 15) is 5.11 Å². The molecular weight excluding hydrogens is 192 g/mol. The zero-order chi connectivity index (χ0) is 10.7. The van der Waals surface area contributed by atoms with E-state index < -0.39 is 0 Å². The maximum atomic E-state index is 9.59. The van der Waals surface area contributed by atoms with Gasteiger partial charge in [0.1, 0.15) is 6.33 Å². The van der Waals surface area contributed by atoms with Gasteiger partial charge in [-0.05, 0) is 19.3 Å². The second-order valence-electron chi connectivity index (χ2n) is 4.14. The molecule has 2 rings (SSSR count). The highest BCUT2D eigenvalue weighted by Gasteiger charge is 2.24. The van der Waals surface area contributed by atoms with Crippen LogP contribution in [0.5, 0.6) is 0 Å². The Balaban J connectivity index is 1.70. The predicted molar refractivity (Wildman–Crippen MR) is 56.4 cm³/mol. The van der Waals surface area contributed by atoms with Crippen LogP contribution in [-0.2, 0) is 13.5 Å². The summed E-state index contributed by atoms with van der Waals surface area (Å²) in [5.74, 6) is 0.859. The largest absolute Gasteiger partial charge is 0.392 e. The number of nitrogens with one attached hydrogen (secondary N) is 1. The lowest BCUT2D eigenvalue weighted by atomic mass is 10.2. The fourth-order valence-corrected chi connectivity index (χ4v) is 2.05. The highest BCUT2D eigenvalue weighted by atomic mass is 16.3. The van der Waals surface area contributed by atoms with Crippen molar-refractivity contribution < 1.29 is 5.11 Å². The Bertz CT molecular complexity index is 312. The Labute approximate surface area is 89.5 Å². The van der Waals surface area contributed by atoms with Crippen molar-refractivity contribution in [3.63, 3.8) is 0 Å². The Morgan fingerprint density at radius 1 is 1.60 bits per heavy atom. The van der Waals surface area contributed by atoms with Gasteiger partial charge in [-0.3, -0.25) is 4.68 Å². The standard InChI is InChI=1S/C10H18N4O/c1-14-7-12-10(13-14)5-6-11-8-3-2-4-9(8)15/h7-9,11,15H,2-6H2,1H3. The van der Waals surface area contributed by atoms with E-state index in [-0.39, 0.29) is 12.1 Å². The summed E-state index contributed by atoms with van der Waals surface area (Å²) < 4.78 is 1.71. The van der Waals surface area contributed by atoms with Crippen LogP contribution >= 0.6 is 0 Å². The van der Waals surface area contributed by atoms with Crippen molar-refractivity contribution in [3.05, 3.63) is 12.2 Å². The number of aliphatic hydroxyl groups excluding tert-OH is 1. The van der Waals surface area contributed by atoms with Gasteiger partial charge in [-0.2, -0.15) is 5.10 Å². The van der Waals surface area contributed by atoms with Gasteiger partial charge < -0.3 is 10.4 Å². The van der Waals surface area contributed by atoms with Gasteiger partial charge in [-0.25, -0.2) is 4.98 Å². The summed E-state index contributed by atoms with van der Waals surface area (Å²) >= 11 is 0. The third-order valence-corrected chi connectivity index (χ3v) is 2.88. The monoisotopic (exact) mass is 210 g/mol. The SMILES string of the molecule is Cn1cnc(CCNC2CCCC2O)n1. The molecule has 0 radical (unpaired) electrons. The number of hydrogen-bond donors (Lipinski definition) is 2. The van der Waals surface area contributed by atoms with Gasteiger partial charge in [-0.1, -0.05) is 0 Å². The molecule has 0 saturated heterocycles. The quantitative estimate of drug-likeness (QED) is 0.726. The molecule has 0 aliphatic heterocycles. The van der Waals surface area contributed by atoms with Crippen molar-refractivity contribution in [2.75, 3.05) is 6.54 Å². The molecule has 2 N–H and O–H groups in total. The van der Waals surface area contributed by atoms with Gasteiger partial charge in [0.25, 0.3) is 0 Å². The number of rotatable bonds is 4. The van der Waals surface area contributed by atoms with Crippen LogP contribution < -0.4 is 5.32 Å². The molecule has 0 aromatic carbocycles. The third kappa shape index (κ3) is 2.76. The number of aliphatic hydroxyl groups is 1. The van der Waals surface area contributed by atoms with Crippen LogP contribution in [0.1, 0.15) is 25.1 Å². The molecule has 0 spiro atoms. The van der Waals surface area contributed by atoms with Crippen molar-refractivity contribution >= 4 is 0 Å². The first-order valence-electron chi connectivity index (χ1n) is 5.51. The maximum Gasteiger partial charge on any atom is 0.151 e. The first kappa shape index (κ1) is 10.6. The van der Waals surface area contributed by atoms with Crippen molar-refractivity contribution in [1.29, 1.82) is 0 Å². The molecule has 1 aliphatic carbocycles. The molecule has 15 heavy (non-hydrogen) atoms. The van der Waals surface area contributed by atoms with Crippen LogP contribution in [0.15, 0.2) is 6.33 Å². The lowest BCUT2D eigenvalue weighted by molar-refractivity contribution is 0.149. The summed E-state index contributed by atoms with van der Waals surface area (Å²) in [5.41, 5.74) is 0. The van der Waals surface area contributed by atoms with Gasteiger partial charge >= 0.3 is 0 Å². The maximum absolute atomic E-state index is 9.59. The Morgan fingerprint density at radius 2 is 2.47 bits per heavy atom. The fourth-order valence-electron chi connectivity index (χ4n) is 2.05. The molecule has 5 heteroatoms. The summed E-state index contributed by atoms with van der Waals surface area (Å²) in [6.45, 7) is 0.839. The van der Waals surface area contributed by atoms with E-state index in [4.69, 9.17) is 0 Å². The normalized spacial score (nSPS) is 26.0. The van der Waals surface area contributed by atoms with Crippen molar-refractivity contribution in [2.24, 2.45) is 7.05 Å². The summed E-state index contributed by atoms with van der Waals surface area (Å²) in [4.78, 5) is 4.15. The molecular formula is C10H18N4O. The Morgan fingerprint density at radius 3 is 3.07 bits per heavy atom. The van der Waals surface area contributed by atoms with E-state index >= 15 is 0 Å². The number of aryl methyl sites for hydroxylation is 1. The fraction of sp³-hybridized carbons (Fsp3) is 0.800. The van der Waals surface area contributed by atoms with E-state index in [1.165, 1.54) is 0 Å². The second kappa shape index (κ2) is 4.72. The molecule has 1 heterocycles. The summed E-state index contributed by atoms with van der Waals surface area (Å²) in [6.07, 6.45) is 5.50. The minimum atomic E-state index is -0.165. The molecule has 1 fully saturated rings. The summed E-state index contributed by atoms with van der Waals surface area (Å²) in [5, 5.41) is 17.1. The zero-order valence-electron chi connectivity index (χ0n) is 9.06. The van der Waals surface area contributed by atoms with Gasteiger partial charge in [0, 0.05) is 26.1 Å². The second-order valence-corrected chi connectivity index (χ2v) is 4.14. The van der Waals surface area contributed by atoms with Gasteiger partial charge in [0.15, 0.2) is 5.82 Å². The molecule has 2 atom stereocenters. The number of nitrogens with zero attached hydrogens (tertiary/aromatic N) is 3. The van der Waals surface area contributed by atoms with E-state index in [0.29, 0.717) is 0 Å².